The van der Waals surface area contributed by atoms with Gasteiger partial charge in [0.15, 0.2) is 6.04 Å². The van der Waals surface area contributed by atoms with Crippen LogP contribution < -0.4 is 5.32 Å². The van der Waals surface area contributed by atoms with Crippen molar-refractivity contribution in [1.29, 1.82) is 0 Å². The fourth-order valence-corrected chi connectivity index (χ4v) is 2.17. The molecule has 0 fully saturated rings. The Balaban J connectivity index is 2.14. The molecule has 0 saturated heterocycles. The van der Waals surface area contributed by atoms with E-state index in [1.807, 2.05) is 6.07 Å². The van der Waals surface area contributed by atoms with Crippen molar-refractivity contribution >= 4 is 11.9 Å². The predicted octanol–water partition coefficient (Wildman–Crippen LogP) is 1.86. The van der Waals surface area contributed by atoms with Crippen molar-refractivity contribution in [2.75, 3.05) is 7.11 Å². The number of hydrogen-bond donors (Lipinski definition) is 1. The number of ether oxygens (including phenoxy) is 1. The van der Waals surface area contributed by atoms with Crippen molar-refractivity contribution in [2.45, 2.75) is 26.3 Å². The van der Waals surface area contributed by atoms with Crippen molar-refractivity contribution in [1.82, 2.24) is 10.5 Å². The molecule has 0 aliphatic carbocycles. The van der Waals surface area contributed by atoms with Gasteiger partial charge in [0, 0.05) is 5.56 Å². The van der Waals surface area contributed by atoms with E-state index < -0.39 is 12.0 Å². The molecule has 0 radical (unpaired) electrons. The molecular weight excluding hydrogens is 284 g/mol. The van der Waals surface area contributed by atoms with E-state index in [4.69, 9.17) is 9.26 Å². The summed E-state index contributed by atoms with van der Waals surface area (Å²) in [5.74, 6) is -0.214. The number of aromatic nitrogens is 1. The quantitative estimate of drug-likeness (QED) is 0.853. The summed E-state index contributed by atoms with van der Waals surface area (Å²) in [6.07, 6.45) is 0.0987. The molecule has 6 nitrogen and oxygen atoms in total. The van der Waals surface area contributed by atoms with Crippen molar-refractivity contribution in [3.05, 3.63) is 52.9 Å². The van der Waals surface area contributed by atoms with Gasteiger partial charge in [-0.25, -0.2) is 4.79 Å². The third-order valence-corrected chi connectivity index (χ3v) is 3.39. The lowest BCUT2D eigenvalue weighted by Crippen LogP contribution is -2.35. The van der Waals surface area contributed by atoms with Gasteiger partial charge in [-0.05, 0) is 19.4 Å². The molecule has 1 unspecified atom stereocenters. The molecule has 0 saturated carbocycles. The summed E-state index contributed by atoms with van der Waals surface area (Å²) in [4.78, 5) is 24.1. The van der Waals surface area contributed by atoms with Crippen molar-refractivity contribution in [2.24, 2.45) is 0 Å². The Hall–Kier alpha value is -2.63. The maximum atomic E-state index is 12.2. The molecule has 0 bridgehead atoms. The highest BCUT2D eigenvalue weighted by Gasteiger charge is 2.24. The minimum Gasteiger partial charge on any atom is -0.467 e. The number of rotatable bonds is 5. The number of nitrogens with one attached hydrogen (secondary N) is 1. The first-order valence-electron chi connectivity index (χ1n) is 6.86. The summed E-state index contributed by atoms with van der Waals surface area (Å²) < 4.78 is 9.80. The second kappa shape index (κ2) is 6.89. The van der Waals surface area contributed by atoms with Crippen LogP contribution >= 0.6 is 0 Å². The lowest BCUT2D eigenvalue weighted by molar-refractivity contribution is -0.145. The zero-order valence-corrected chi connectivity index (χ0v) is 12.8. The number of methoxy groups -OCH3 is 1. The van der Waals surface area contributed by atoms with Gasteiger partial charge in [0.2, 0.25) is 5.91 Å². The van der Waals surface area contributed by atoms with Gasteiger partial charge < -0.3 is 14.6 Å². The minimum atomic E-state index is -0.834. The Morgan fingerprint density at radius 2 is 1.95 bits per heavy atom. The second-order valence-electron chi connectivity index (χ2n) is 4.91. The predicted molar refractivity (Wildman–Crippen MR) is 79.0 cm³/mol. The first-order valence-corrected chi connectivity index (χ1v) is 6.86. The third kappa shape index (κ3) is 3.52. The molecule has 1 atom stereocenters. The number of aryl methyl sites for hydroxylation is 2. The molecule has 2 rings (SSSR count). The topological polar surface area (TPSA) is 81.4 Å². The monoisotopic (exact) mass is 302 g/mol. The molecule has 1 amide bonds. The summed E-state index contributed by atoms with van der Waals surface area (Å²) in [5.41, 5.74) is 2.07. The summed E-state index contributed by atoms with van der Waals surface area (Å²) in [6, 6.07) is 8.12. The summed E-state index contributed by atoms with van der Waals surface area (Å²) in [6.45, 7) is 3.52. The van der Waals surface area contributed by atoms with Crippen molar-refractivity contribution in [3.63, 3.8) is 0 Å². The van der Waals surface area contributed by atoms with Gasteiger partial charge in [0.1, 0.15) is 5.76 Å². The number of amides is 1. The average molecular weight is 302 g/mol. The maximum Gasteiger partial charge on any atom is 0.333 e. The fraction of sp³-hybridized carbons (Fsp3) is 0.312. The highest BCUT2D eigenvalue weighted by Crippen LogP contribution is 2.16. The molecule has 1 aromatic carbocycles. The van der Waals surface area contributed by atoms with Crippen molar-refractivity contribution in [3.8, 4) is 0 Å². The Bertz CT molecular complexity index is 645. The smallest absolute Gasteiger partial charge is 0.333 e. The Kier molecular flexibility index (Phi) is 4.93. The van der Waals surface area contributed by atoms with E-state index in [9.17, 15) is 9.59 Å². The zero-order valence-electron chi connectivity index (χ0n) is 12.8. The first-order chi connectivity index (χ1) is 10.5. The number of benzene rings is 1. The molecule has 2 aromatic rings. The fourth-order valence-electron chi connectivity index (χ4n) is 2.17. The van der Waals surface area contributed by atoms with Gasteiger partial charge in [-0.3, -0.25) is 4.79 Å². The van der Waals surface area contributed by atoms with E-state index in [-0.39, 0.29) is 12.3 Å². The molecule has 116 valence electrons. The molecule has 1 heterocycles. The molecular formula is C16H18N2O4. The van der Waals surface area contributed by atoms with E-state index in [1.165, 1.54) is 7.11 Å². The first kappa shape index (κ1) is 15.8. The second-order valence-corrected chi connectivity index (χ2v) is 4.91. The molecule has 0 aliphatic rings. The number of carbonyl (C=O) groups is 2. The standard InChI is InChI=1S/C16H18N2O4/c1-10-13(11(2)22-18-10)9-14(19)17-15(16(20)21-3)12-7-5-4-6-8-12/h4-8,15H,9H2,1-3H3,(H,17,19). The number of carbonyl (C=O) groups excluding carboxylic acids is 2. The SMILES string of the molecule is COC(=O)C(NC(=O)Cc1c(C)noc1C)c1ccccc1. The third-order valence-electron chi connectivity index (χ3n) is 3.39. The van der Waals surface area contributed by atoms with Gasteiger partial charge in [0.05, 0.1) is 19.2 Å². The van der Waals surface area contributed by atoms with Crippen LogP contribution in [0.2, 0.25) is 0 Å². The van der Waals surface area contributed by atoms with Crippen LogP contribution in [0.3, 0.4) is 0 Å². The van der Waals surface area contributed by atoms with E-state index in [0.717, 1.165) is 5.56 Å². The van der Waals surface area contributed by atoms with Crippen LogP contribution in [0.4, 0.5) is 0 Å². The Labute approximate surface area is 128 Å². The van der Waals surface area contributed by atoms with Gasteiger partial charge in [-0.15, -0.1) is 0 Å². The zero-order chi connectivity index (χ0) is 16.1. The lowest BCUT2D eigenvalue weighted by atomic mass is 10.1. The van der Waals surface area contributed by atoms with Crippen molar-refractivity contribution < 1.29 is 18.8 Å². The average Bonchev–Trinajstić information content (AvgIpc) is 2.84. The van der Waals surface area contributed by atoms with E-state index in [1.54, 1.807) is 38.1 Å². The molecule has 6 heteroatoms. The van der Waals surface area contributed by atoms with Crippen LogP contribution in [0.1, 0.15) is 28.6 Å². The van der Waals surface area contributed by atoms with E-state index >= 15 is 0 Å². The molecule has 1 N–H and O–H groups in total. The minimum absolute atomic E-state index is 0.0987. The lowest BCUT2D eigenvalue weighted by Gasteiger charge is -2.16. The molecule has 0 aliphatic heterocycles. The Morgan fingerprint density at radius 3 is 2.50 bits per heavy atom. The summed E-state index contributed by atoms with van der Waals surface area (Å²) >= 11 is 0. The molecule has 0 spiro atoms. The van der Waals surface area contributed by atoms with Gasteiger partial charge in [0.25, 0.3) is 0 Å². The molecule has 22 heavy (non-hydrogen) atoms. The van der Waals surface area contributed by atoms with Crippen LogP contribution in [-0.2, 0) is 20.7 Å². The number of hydrogen-bond acceptors (Lipinski definition) is 5. The van der Waals surface area contributed by atoms with Crippen LogP contribution in [0.25, 0.3) is 0 Å². The normalized spacial score (nSPS) is 11.8. The highest BCUT2D eigenvalue weighted by molar-refractivity contribution is 5.86. The largest absolute Gasteiger partial charge is 0.467 e. The van der Waals surface area contributed by atoms with Crippen LogP contribution in [0, 0.1) is 13.8 Å². The van der Waals surface area contributed by atoms with Crippen LogP contribution in [-0.4, -0.2) is 24.1 Å². The van der Waals surface area contributed by atoms with E-state index in [0.29, 0.717) is 17.0 Å². The maximum absolute atomic E-state index is 12.2. The van der Waals surface area contributed by atoms with Gasteiger partial charge in [-0.2, -0.15) is 0 Å². The Morgan fingerprint density at radius 1 is 1.27 bits per heavy atom. The van der Waals surface area contributed by atoms with Crippen LogP contribution in [0.5, 0.6) is 0 Å². The number of esters is 1. The molecule has 1 aromatic heterocycles. The summed E-state index contributed by atoms with van der Waals surface area (Å²) in [7, 11) is 1.29. The number of nitrogens with zero attached hydrogens (tertiary/aromatic N) is 1. The van der Waals surface area contributed by atoms with Gasteiger partial charge >= 0.3 is 5.97 Å². The van der Waals surface area contributed by atoms with Gasteiger partial charge in [-0.1, -0.05) is 35.5 Å². The highest BCUT2D eigenvalue weighted by atomic mass is 16.5. The van der Waals surface area contributed by atoms with Crippen LogP contribution in [0.15, 0.2) is 34.9 Å². The summed E-state index contributed by atoms with van der Waals surface area (Å²) in [5, 5.41) is 6.50. The van der Waals surface area contributed by atoms with E-state index in [2.05, 4.69) is 10.5 Å².